The molecule has 2 heterocycles. The van der Waals surface area contributed by atoms with Crippen molar-refractivity contribution in [1.82, 2.24) is 4.90 Å². The number of benzene rings is 2. The first kappa shape index (κ1) is 21.0. The molecule has 1 fully saturated rings. The van der Waals surface area contributed by atoms with Gasteiger partial charge in [-0.05, 0) is 54.2 Å². The molecular weight excluding hydrogens is 472 g/mol. The fourth-order valence-corrected chi connectivity index (χ4v) is 4.41. The van der Waals surface area contributed by atoms with Gasteiger partial charge in [0.1, 0.15) is 17.3 Å². The van der Waals surface area contributed by atoms with Crippen LogP contribution in [-0.4, -0.2) is 16.0 Å². The van der Waals surface area contributed by atoms with E-state index in [4.69, 9.17) is 39.2 Å². The summed E-state index contributed by atoms with van der Waals surface area (Å²) in [6.07, 6.45) is 1.46. The highest BCUT2D eigenvalue weighted by atomic mass is 35.5. The minimum atomic E-state index is -0.582. The van der Waals surface area contributed by atoms with Crippen LogP contribution in [0.3, 0.4) is 0 Å². The van der Waals surface area contributed by atoms with E-state index in [9.17, 15) is 14.0 Å². The van der Waals surface area contributed by atoms with E-state index in [0.717, 1.165) is 16.7 Å². The van der Waals surface area contributed by atoms with Crippen molar-refractivity contribution in [3.05, 3.63) is 85.6 Å². The highest BCUT2D eigenvalue weighted by Gasteiger charge is 2.36. The number of carbonyl (C=O) groups excluding carboxylic acids is 2. The number of rotatable bonds is 4. The third kappa shape index (κ3) is 4.14. The molecule has 1 aromatic heterocycles. The van der Waals surface area contributed by atoms with E-state index < -0.39 is 17.0 Å². The summed E-state index contributed by atoms with van der Waals surface area (Å²) in [6.45, 7) is -0.253. The Labute approximate surface area is 190 Å². The Morgan fingerprint density at radius 2 is 1.83 bits per heavy atom. The Balaban J connectivity index is 1.57. The zero-order valence-electron chi connectivity index (χ0n) is 15.0. The van der Waals surface area contributed by atoms with Crippen LogP contribution in [0.2, 0.25) is 15.1 Å². The molecule has 3 aromatic rings. The first-order valence-corrected chi connectivity index (χ1v) is 10.5. The van der Waals surface area contributed by atoms with Gasteiger partial charge in [0.2, 0.25) is 0 Å². The van der Waals surface area contributed by atoms with Crippen LogP contribution in [0.5, 0.6) is 0 Å². The van der Waals surface area contributed by atoms with E-state index in [-0.39, 0.29) is 22.0 Å². The molecule has 0 spiro atoms. The fraction of sp³-hybridized carbons (Fsp3) is 0.0476. The molecule has 0 radical (unpaired) electrons. The third-order valence-corrected chi connectivity index (χ3v) is 6.16. The van der Waals surface area contributed by atoms with E-state index in [1.54, 1.807) is 30.3 Å². The van der Waals surface area contributed by atoms with Crippen molar-refractivity contribution in [2.75, 3.05) is 0 Å². The smallest absolute Gasteiger partial charge is 0.293 e. The van der Waals surface area contributed by atoms with E-state index >= 15 is 0 Å². The molecule has 2 aromatic carbocycles. The zero-order chi connectivity index (χ0) is 21.4. The van der Waals surface area contributed by atoms with Crippen LogP contribution < -0.4 is 0 Å². The molecule has 4 nitrogen and oxygen atoms in total. The molecule has 0 N–H and O–H groups in total. The third-order valence-electron chi connectivity index (χ3n) is 4.35. The first-order valence-electron chi connectivity index (χ1n) is 8.57. The molecule has 1 aliphatic heterocycles. The standard InChI is InChI=1S/C21H11Cl3FNO3S/c22-11-4-6-13(16(24)8-11)18-7-5-12(29-18)9-19-20(27)26(21(28)30-19)10-14-15(23)2-1-3-17(14)25/h1-9H,10H2/b19-9+. The number of imide groups is 1. The Bertz CT molecular complexity index is 1190. The topological polar surface area (TPSA) is 50.5 Å². The lowest BCUT2D eigenvalue weighted by molar-refractivity contribution is -0.123. The molecule has 0 saturated carbocycles. The second-order valence-corrected chi connectivity index (χ2v) is 8.54. The summed E-state index contributed by atoms with van der Waals surface area (Å²) in [5.41, 5.74) is 0.725. The minimum Gasteiger partial charge on any atom is -0.457 e. The van der Waals surface area contributed by atoms with Crippen LogP contribution >= 0.6 is 46.6 Å². The number of halogens is 4. The summed E-state index contributed by atoms with van der Waals surface area (Å²) in [4.78, 5) is 26.1. The van der Waals surface area contributed by atoms with Crippen molar-refractivity contribution < 1.29 is 18.4 Å². The summed E-state index contributed by atoms with van der Waals surface area (Å²) in [6, 6.07) is 12.5. The van der Waals surface area contributed by atoms with E-state index in [2.05, 4.69) is 0 Å². The fourth-order valence-electron chi connectivity index (χ4n) is 2.87. The molecule has 2 amide bonds. The van der Waals surface area contributed by atoms with Gasteiger partial charge in [-0.15, -0.1) is 0 Å². The van der Waals surface area contributed by atoms with Gasteiger partial charge in [0, 0.05) is 27.2 Å². The van der Waals surface area contributed by atoms with Crippen LogP contribution in [0.1, 0.15) is 11.3 Å². The SMILES string of the molecule is O=C1S/C(=C/c2ccc(-c3ccc(Cl)cc3Cl)o2)C(=O)N1Cc1c(F)cccc1Cl. The summed E-state index contributed by atoms with van der Waals surface area (Å²) >= 11 is 18.9. The summed E-state index contributed by atoms with van der Waals surface area (Å²) < 4.78 is 19.8. The number of hydrogen-bond acceptors (Lipinski definition) is 4. The van der Waals surface area contributed by atoms with Crippen LogP contribution in [0.25, 0.3) is 17.4 Å². The average molecular weight is 483 g/mol. The molecule has 0 unspecified atom stereocenters. The molecule has 30 heavy (non-hydrogen) atoms. The van der Waals surface area contributed by atoms with Crippen molar-refractivity contribution in [2.24, 2.45) is 0 Å². The highest BCUT2D eigenvalue weighted by Crippen LogP contribution is 2.36. The van der Waals surface area contributed by atoms with Crippen LogP contribution in [0, 0.1) is 5.82 Å². The first-order chi connectivity index (χ1) is 14.3. The number of hydrogen-bond donors (Lipinski definition) is 0. The van der Waals surface area contributed by atoms with E-state index in [0.29, 0.717) is 27.1 Å². The van der Waals surface area contributed by atoms with Gasteiger partial charge in [-0.25, -0.2) is 4.39 Å². The van der Waals surface area contributed by atoms with E-state index in [1.807, 2.05) is 0 Å². The van der Waals surface area contributed by atoms with Crippen LogP contribution in [0.4, 0.5) is 9.18 Å². The van der Waals surface area contributed by atoms with Crippen molar-refractivity contribution in [3.63, 3.8) is 0 Å². The summed E-state index contributed by atoms with van der Waals surface area (Å²) in [7, 11) is 0. The maximum atomic E-state index is 14.0. The monoisotopic (exact) mass is 481 g/mol. The lowest BCUT2D eigenvalue weighted by atomic mass is 10.2. The lowest BCUT2D eigenvalue weighted by Gasteiger charge is -2.14. The number of thioether (sulfide) groups is 1. The summed E-state index contributed by atoms with van der Waals surface area (Å²) in [5, 5.41) is 0.552. The summed E-state index contributed by atoms with van der Waals surface area (Å²) in [5.74, 6) is -0.279. The van der Waals surface area contributed by atoms with Gasteiger partial charge in [-0.1, -0.05) is 40.9 Å². The molecule has 152 valence electrons. The second-order valence-electron chi connectivity index (χ2n) is 6.29. The number of carbonyl (C=O) groups is 2. The Morgan fingerprint density at radius 1 is 1.03 bits per heavy atom. The molecule has 9 heteroatoms. The largest absolute Gasteiger partial charge is 0.457 e. The van der Waals surface area contributed by atoms with Gasteiger partial charge in [0.15, 0.2) is 0 Å². The average Bonchev–Trinajstić information content (AvgIpc) is 3.24. The van der Waals surface area contributed by atoms with Crippen molar-refractivity contribution in [2.45, 2.75) is 6.54 Å². The van der Waals surface area contributed by atoms with Crippen LogP contribution in [-0.2, 0) is 11.3 Å². The van der Waals surface area contributed by atoms with Gasteiger partial charge in [-0.3, -0.25) is 14.5 Å². The number of amides is 2. The Morgan fingerprint density at radius 3 is 2.57 bits per heavy atom. The molecule has 4 rings (SSSR count). The Kier molecular flexibility index (Phi) is 5.93. The van der Waals surface area contributed by atoms with Crippen LogP contribution in [0.15, 0.2) is 57.9 Å². The van der Waals surface area contributed by atoms with E-state index in [1.165, 1.54) is 24.3 Å². The van der Waals surface area contributed by atoms with Gasteiger partial charge in [0.25, 0.3) is 11.1 Å². The molecular formula is C21H11Cl3FNO3S. The zero-order valence-corrected chi connectivity index (χ0v) is 18.1. The predicted molar refractivity (Wildman–Crippen MR) is 117 cm³/mol. The minimum absolute atomic E-state index is 0.0837. The van der Waals surface area contributed by atoms with Crippen molar-refractivity contribution in [1.29, 1.82) is 0 Å². The highest BCUT2D eigenvalue weighted by molar-refractivity contribution is 8.18. The molecule has 0 aliphatic carbocycles. The van der Waals surface area contributed by atoms with Gasteiger partial charge in [0.05, 0.1) is 16.5 Å². The quantitative estimate of drug-likeness (QED) is 0.367. The number of nitrogens with zero attached hydrogens (tertiary/aromatic N) is 1. The van der Waals surface area contributed by atoms with Crippen molar-refractivity contribution in [3.8, 4) is 11.3 Å². The molecule has 0 atom stereocenters. The molecule has 1 aliphatic rings. The van der Waals surface area contributed by atoms with Gasteiger partial charge >= 0.3 is 0 Å². The normalized spacial score (nSPS) is 15.5. The second kappa shape index (κ2) is 8.47. The number of furan rings is 1. The lowest BCUT2D eigenvalue weighted by Crippen LogP contribution is -2.28. The molecule has 0 bridgehead atoms. The van der Waals surface area contributed by atoms with Gasteiger partial charge < -0.3 is 4.42 Å². The Hall–Kier alpha value is -2.25. The van der Waals surface area contributed by atoms with Crippen molar-refractivity contribution >= 4 is 63.8 Å². The molecule has 1 saturated heterocycles. The predicted octanol–water partition coefficient (Wildman–Crippen LogP) is 7.28. The van der Waals surface area contributed by atoms with Gasteiger partial charge in [-0.2, -0.15) is 0 Å². The maximum absolute atomic E-state index is 14.0. The maximum Gasteiger partial charge on any atom is 0.293 e.